The van der Waals surface area contributed by atoms with Crippen LogP contribution >= 0.6 is 15.9 Å². The minimum Gasteiger partial charge on any atom is -0.351 e. The maximum absolute atomic E-state index is 12.3. The third-order valence-electron chi connectivity index (χ3n) is 3.23. The maximum Gasteiger partial charge on any atom is 0.257 e. The van der Waals surface area contributed by atoms with Gasteiger partial charge in [-0.3, -0.25) is 14.6 Å². The maximum atomic E-state index is 12.3. The monoisotopic (exact) mass is 390 g/mol. The van der Waals surface area contributed by atoms with E-state index in [4.69, 9.17) is 0 Å². The van der Waals surface area contributed by atoms with Gasteiger partial charge < -0.3 is 15.5 Å². The molecule has 7 heteroatoms. The Morgan fingerprint density at radius 1 is 1.12 bits per heavy atom. The van der Waals surface area contributed by atoms with E-state index in [9.17, 15) is 9.59 Å². The Balaban J connectivity index is 2.05. The van der Waals surface area contributed by atoms with Crippen LogP contribution in [0.4, 0.5) is 5.69 Å². The number of nitrogens with one attached hydrogen (secondary N) is 2. The van der Waals surface area contributed by atoms with Crippen molar-refractivity contribution in [1.82, 2.24) is 15.2 Å². The first-order valence-electron chi connectivity index (χ1n) is 7.41. The first-order chi connectivity index (χ1) is 11.5. The van der Waals surface area contributed by atoms with E-state index in [0.29, 0.717) is 23.4 Å². The Labute approximate surface area is 149 Å². The molecule has 1 aromatic heterocycles. The number of hydrogen-bond donors (Lipinski definition) is 2. The van der Waals surface area contributed by atoms with Crippen molar-refractivity contribution in [2.45, 2.75) is 0 Å². The molecule has 0 fully saturated rings. The first-order valence-corrected chi connectivity index (χ1v) is 8.20. The number of para-hydroxylation sites is 1. The summed E-state index contributed by atoms with van der Waals surface area (Å²) >= 11 is 3.38. The number of halogens is 1. The SMILES string of the molecule is CN(C)CCNC(=O)c1cncc(C(=O)Nc2ccccc2Br)c1. The molecule has 1 heterocycles. The molecule has 126 valence electrons. The first kappa shape index (κ1) is 18.1. The Hall–Kier alpha value is -2.25. The average Bonchev–Trinajstić information content (AvgIpc) is 2.56. The summed E-state index contributed by atoms with van der Waals surface area (Å²) in [4.78, 5) is 30.4. The number of rotatable bonds is 6. The van der Waals surface area contributed by atoms with Crippen molar-refractivity contribution in [3.63, 3.8) is 0 Å². The van der Waals surface area contributed by atoms with Crippen LogP contribution in [0.3, 0.4) is 0 Å². The summed E-state index contributed by atoms with van der Waals surface area (Å²) in [5.74, 6) is -0.572. The fourth-order valence-corrected chi connectivity index (χ4v) is 2.32. The van der Waals surface area contributed by atoms with E-state index in [1.807, 2.05) is 37.2 Å². The third kappa shape index (κ3) is 5.14. The zero-order valence-corrected chi connectivity index (χ0v) is 15.1. The van der Waals surface area contributed by atoms with Gasteiger partial charge in [0.25, 0.3) is 11.8 Å². The zero-order valence-electron chi connectivity index (χ0n) is 13.5. The van der Waals surface area contributed by atoms with E-state index in [2.05, 4.69) is 31.5 Å². The number of likely N-dealkylation sites (N-methyl/N-ethyl adjacent to an activating group) is 1. The van der Waals surface area contributed by atoms with Crippen molar-refractivity contribution in [2.75, 3.05) is 32.5 Å². The Morgan fingerprint density at radius 3 is 2.46 bits per heavy atom. The van der Waals surface area contributed by atoms with Crippen LogP contribution in [0.15, 0.2) is 47.2 Å². The molecule has 0 aliphatic rings. The van der Waals surface area contributed by atoms with Crippen LogP contribution in [-0.4, -0.2) is 48.9 Å². The summed E-state index contributed by atoms with van der Waals surface area (Å²) in [6, 6.07) is 8.84. The molecular formula is C17H19BrN4O2. The Bertz CT molecular complexity index is 734. The predicted molar refractivity (Wildman–Crippen MR) is 97.2 cm³/mol. The van der Waals surface area contributed by atoms with Gasteiger partial charge in [0.2, 0.25) is 0 Å². The van der Waals surface area contributed by atoms with Gasteiger partial charge in [-0.25, -0.2) is 0 Å². The van der Waals surface area contributed by atoms with Gasteiger partial charge in [-0.05, 0) is 48.2 Å². The number of anilines is 1. The molecule has 2 N–H and O–H groups in total. The topological polar surface area (TPSA) is 74.3 Å². The molecular weight excluding hydrogens is 372 g/mol. The van der Waals surface area contributed by atoms with Crippen LogP contribution in [0, 0.1) is 0 Å². The van der Waals surface area contributed by atoms with Crippen LogP contribution in [0.2, 0.25) is 0 Å². The number of hydrogen-bond acceptors (Lipinski definition) is 4. The van der Waals surface area contributed by atoms with E-state index in [0.717, 1.165) is 11.0 Å². The number of nitrogens with zero attached hydrogens (tertiary/aromatic N) is 2. The van der Waals surface area contributed by atoms with E-state index in [1.165, 1.54) is 18.5 Å². The molecule has 1 aromatic carbocycles. The average molecular weight is 391 g/mol. The molecule has 0 radical (unpaired) electrons. The van der Waals surface area contributed by atoms with Crippen molar-refractivity contribution in [3.05, 3.63) is 58.3 Å². The van der Waals surface area contributed by atoms with Crippen molar-refractivity contribution in [1.29, 1.82) is 0 Å². The van der Waals surface area contributed by atoms with Gasteiger partial charge in [0, 0.05) is 30.0 Å². The van der Waals surface area contributed by atoms with Gasteiger partial charge in [-0.2, -0.15) is 0 Å². The van der Waals surface area contributed by atoms with Gasteiger partial charge in [0.15, 0.2) is 0 Å². The molecule has 2 rings (SSSR count). The molecule has 6 nitrogen and oxygen atoms in total. The second-order valence-electron chi connectivity index (χ2n) is 5.46. The van der Waals surface area contributed by atoms with Crippen molar-refractivity contribution in [3.8, 4) is 0 Å². The number of benzene rings is 1. The molecule has 2 amide bonds. The summed E-state index contributed by atoms with van der Waals surface area (Å²) in [6.45, 7) is 1.26. The lowest BCUT2D eigenvalue weighted by Crippen LogP contribution is -2.31. The summed E-state index contributed by atoms with van der Waals surface area (Å²) in [5, 5.41) is 5.58. The van der Waals surface area contributed by atoms with Gasteiger partial charge in [-0.1, -0.05) is 12.1 Å². The normalized spacial score (nSPS) is 10.5. The molecule has 0 aliphatic heterocycles. The highest BCUT2D eigenvalue weighted by Crippen LogP contribution is 2.21. The summed E-state index contributed by atoms with van der Waals surface area (Å²) in [7, 11) is 3.86. The lowest BCUT2D eigenvalue weighted by atomic mass is 10.2. The number of carbonyl (C=O) groups excluding carboxylic acids is 2. The highest BCUT2D eigenvalue weighted by atomic mass is 79.9. The number of carbonyl (C=O) groups is 2. The Kier molecular flexibility index (Phi) is 6.45. The molecule has 24 heavy (non-hydrogen) atoms. The predicted octanol–water partition coefficient (Wildman–Crippen LogP) is 2.39. The molecule has 0 atom stereocenters. The molecule has 0 saturated heterocycles. The van der Waals surface area contributed by atoms with Crippen molar-refractivity contribution >= 4 is 33.4 Å². The number of pyridine rings is 1. The van der Waals surface area contributed by atoms with E-state index < -0.39 is 0 Å². The molecule has 0 bridgehead atoms. The van der Waals surface area contributed by atoms with Crippen molar-refractivity contribution < 1.29 is 9.59 Å². The largest absolute Gasteiger partial charge is 0.351 e. The van der Waals surface area contributed by atoms with Crippen molar-refractivity contribution in [2.24, 2.45) is 0 Å². The second kappa shape index (κ2) is 8.56. The number of amides is 2. The minimum atomic E-state index is -0.322. The van der Waals surface area contributed by atoms with Crippen LogP contribution in [0.25, 0.3) is 0 Å². The van der Waals surface area contributed by atoms with E-state index >= 15 is 0 Å². The van der Waals surface area contributed by atoms with Crippen LogP contribution in [0.1, 0.15) is 20.7 Å². The quantitative estimate of drug-likeness (QED) is 0.793. The van der Waals surface area contributed by atoms with Crippen LogP contribution in [-0.2, 0) is 0 Å². The molecule has 0 spiro atoms. The Morgan fingerprint density at radius 2 is 1.79 bits per heavy atom. The summed E-state index contributed by atoms with van der Waals surface area (Å²) < 4.78 is 0.781. The van der Waals surface area contributed by atoms with Gasteiger partial charge in [0.05, 0.1) is 16.8 Å². The van der Waals surface area contributed by atoms with E-state index in [1.54, 1.807) is 6.07 Å². The van der Waals surface area contributed by atoms with Gasteiger partial charge >= 0.3 is 0 Å². The highest BCUT2D eigenvalue weighted by Gasteiger charge is 2.12. The highest BCUT2D eigenvalue weighted by molar-refractivity contribution is 9.10. The minimum absolute atomic E-state index is 0.250. The second-order valence-corrected chi connectivity index (χ2v) is 6.31. The van der Waals surface area contributed by atoms with E-state index in [-0.39, 0.29) is 11.8 Å². The van der Waals surface area contributed by atoms with Gasteiger partial charge in [-0.15, -0.1) is 0 Å². The fourth-order valence-electron chi connectivity index (χ4n) is 1.94. The molecule has 2 aromatic rings. The van der Waals surface area contributed by atoms with Crippen LogP contribution < -0.4 is 10.6 Å². The molecule has 0 unspecified atom stereocenters. The molecule has 0 aliphatic carbocycles. The number of aromatic nitrogens is 1. The standard InChI is InChI=1S/C17H19BrN4O2/c1-22(2)8-7-20-16(23)12-9-13(11-19-10-12)17(24)21-15-6-4-3-5-14(15)18/h3-6,9-11H,7-8H2,1-2H3,(H,20,23)(H,21,24). The lowest BCUT2D eigenvalue weighted by Gasteiger charge is -2.11. The molecule has 0 saturated carbocycles. The van der Waals surface area contributed by atoms with Gasteiger partial charge in [0.1, 0.15) is 0 Å². The van der Waals surface area contributed by atoms with Crippen LogP contribution in [0.5, 0.6) is 0 Å². The third-order valence-corrected chi connectivity index (χ3v) is 3.92. The fraction of sp³-hybridized carbons (Fsp3) is 0.235. The lowest BCUT2D eigenvalue weighted by molar-refractivity contribution is 0.0950. The summed E-state index contributed by atoms with van der Waals surface area (Å²) in [5.41, 5.74) is 1.34. The smallest absolute Gasteiger partial charge is 0.257 e. The zero-order chi connectivity index (χ0) is 17.5. The summed E-state index contributed by atoms with van der Waals surface area (Å²) in [6.07, 6.45) is 2.88.